The van der Waals surface area contributed by atoms with E-state index in [1.165, 1.54) is 6.42 Å². The highest BCUT2D eigenvalue weighted by Gasteiger charge is 2.17. The molecule has 0 aromatic heterocycles. The summed E-state index contributed by atoms with van der Waals surface area (Å²) in [6, 6.07) is 5.87. The Balaban J connectivity index is 1.83. The molecule has 4 N–H and O–H groups in total. The molecular formula is C19H26N6O4. The first-order valence-corrected chi connectivity index (χ1v) is 9.64. The molecule has 1 saturated carbocycles. The van der Waals surface area contributed by atoms with Gasteiger partial charge in [-0.3, -0.25) is 9.59 Å². The van der Waals surface area contributed by atoms with Crippen molar-refractivity contribution in [3.8, 4) is 0 Å². The number of hydrogen-bond acceptors (Lipinski definition) is 4. The summed E-state index contributed by atoms with van der Waals surface area (Å²) in [5.74, 6) is -1.56. The highest BCUT2D eigenvalue weighted by molar-refractivity contribution is 5.94. The van der Waals surface area contributed by atoms with Crippen LogP contribution in [0.15, 0.2) is 29.4 Å². The van der Waals surface area contributed by atoms with E-state index >= 15 is 0 Å². The van der Waals surface area contributed by atoms with E-state index in [4.69, 9.17) is 10.6 Å². The maximum atomic E-state index is 12.3. The Kier molecular flexibility index (Phi) is 8.78. The van der Waals surface area contributed by atoms with Crippen molar-refractivity contribution in [1.82, 2.24) is 16.0 Å². The molecule has 1 fully saturated rings. The molecule has 1 aliphatic rings. The molecule has 0 heterocycles. The second-order valence-corrected chi connectivity index (χ2v) is 7.04. The number of nitrogens with zero attached hydrogens (tertiary/aromatic N) is 3. The topological polar surface area (TPSA) is 156 Å². The predicted molar refractivity (Wildman–Crippen MR) is 106 cm³/mol. The Labute approximate surface area is 168 Å². The molecule has 1 aromatic rings. The molecule has 0 spiro atoms. The SMILES string of the molecule is [N-]=[N+]=NC[C@H](CC(=O)O)NC(=O)c1ccc(CNC(=O)NC2CCCCC2)cc1. The van der Waals surface area contributed by atoms with Crippen molar-refractivity contribution in [1.29, 1.82) is 0 Å². The van der Waals surface area contributed by atoms with Crippen LogP contribution >= 0.6 is 0 Å². The molecule has 29 heavy (non-hydrogen) atoms. The fraction of sp³-hybridized carbons (Fsp3) is 0.526. The number of carbonyl (C=O) groups excluding carboxylic acids is 2. The standard InChI is InChI=1S/C19H26N6O4/c20-25-22-12-16(10-17(26)27)23-18(28)14-8-6-13(7-9-14)11-21-19(29)24-15-4-2-1-3-5-15/h6-9,15-16H,1-5,10-12H2,(H,23,28)(H,26,27)(H2,21,24,29)/t16-/m0/s1. The van der Waals surface area contributed by atoms with Crippen LogP contribution in [-0.2, 0) is 11.3 Å². The van der Waals surface area contributed by atoms with Crippen LogP contribution in [0.5, 0.6) is 0 Å². The Hall–Kier alpha value is -3.26. The molecule has 0 radical (unpaired) electrons. The number of nitrogens with one attached hydrogen (secondary N) is 3. The largest absolute Gasteiger partial charge is 0.481 e. The van der Waals surface area contributed by atoms with Gasteiger partial charge in [0, 0.05) is 35.6 Å². The van der Waals surface area contributed by atoms with E-state index in [0.717, 1.165) is 31.2 Å². The summed E-state index contributed by atoms with van der Waals surface area (Å²) < 4.78 is 0. The van der Waals surface area contributed by atoms with Gasteiger partial charge in [-0.2, -0.15) is 0 Å². The van der Waals surface area contributed by atoms with Gasteiger partial charge in [0.25, 0.3) is 5.91 Å². The monoisotopic (exact) mass is 402 g/mol. The molecule has 1 aromatic carbocycles. The quantitative estimate of drug-likeness (QED) is 0.284. The molecule has 3 amide bonds. The lowest BCUT2D eigenvalue weighted by molar-refractivity contribution is -0.137. The third kappa shape index (κ3) is 8.10. The minimum Gasteiger partial charge on any atom is -0.481 e. The molecule has 156 valence electrons. The van der Waals surface area contributed by atoms with Crippen LogP contribution in [0.2, 0.25) is 0 Å². The van der Waals surface area contributed by atoms with Crippen molar-refractivity contribution in [2.45, 2.75) is 57.2 Å². The fourth-order valence-corrected chi connectivity index (χ4v) is 3.22. The number of aliphatic carboxylic acids is 1. The van der Waals surface area contributed by atoms with E-state index in [2.05, 4.69) is 26.0 Å². The zero-order valence-corrected chi connectivity index (χ0v) is 16.1. The van der Waals surface area contributed by atoms with Crippen LogP contribution in [0.25, 0.3) is 10.4 Å². The zero-order valence-electron chi connectivity index (χ0n) is 16.1. The van der Waals surface area contributed by atoms with E-state index in [1.807, 2.05) is 0 Å². The molecule has 0 bridgehead atoms. The Morgan fingerprint density at radius 2 is 1.86 bits per heavy atom. The van der Waals surface area contributed by atoms with Crippen LogP contribution in [0.3, 0.4) is 0 Å². The maximum absolute atomic E-state index is 12.3. The summed E-state index contributed by atoms with van der Waals surface area (Å²) in [4.78, 5) is 37.7. The predicted octanol–water partition coefficient (Wildman–Crippen LogP) is 2.70. The zero-order chi connectivity index (χ0) is 21.1. The van der Waals surface area contributed by atoms with Gasteiger partial charge in [0.15, 0.2) is 0 Å². The minimum atomic E-state index is -1.10. The van der Waals surface area contributed by atoms with E-state index in [1.54, 1.807) is 24.3 Å². The summed E-state index contributed by atoms with van der Waals surface area (Å²) in [7, 11) is 0. The molecule has 0 aliphatic heterocycles. The second-order valence-electron chi connectivity index (χ2n) is 7.04. The number of hydrogen-bond donors (Lipinski definition) is 4. The van der Waals surface area contributed by atoms with Crippen molar-refractivity contribution >= 4 is 17.9 Å². The van der Waals surface area contributed by atoms with Crippen molar-refractivity contribution in [2.75, 3.05) is 6.54 Å². The first kappa shape index (κ1) is 22.0. The van der Waals surface area contributed by atoms with Crippen LogP contribution in [0.1, 0.15) is 54.4 Å². The number of rotatable bonds is 9. The van der Waals surface area contributed by atoms with Crippen LogP contribution in [0.4, 0.5) is 4.79 Å². The van der Waals surface area contributed by atoms with Gasteiger partial charge in [-0.25, -0.2) is 4.79 Å². The number of amides is 3. The van der Waals surface area contributed by atoms with Crippen molar-refractivity contribution in [3.63, 3.8) is 0 Å². The summed E-state index contributed by atoms with van der Waals surface area (Å²) >= 11 is 0. The number of benzene rings is 1. The average molecular weight is 402 g/mol. The Bertz CT molecular complexity index is 750. The summed E-state index contributed by atoms with van der Waals surface area (Å²) in [6.45, 7) is 0.186. The molecule has 10 heteroatoms. The Morgan fingerprint density at radius 3 is 2.48 bits per heavy atom. The molecule has 2 rings (SSSR count). The lowest BCUT2D eigenvalue weighted by Crippen LogP contribution is -2.42. The van der Waals surface area contributed by atoms with Gasteiger partial charge in [-0.05, 0) is 36.1 Å². The van der Waals surface area contributed by atoms with Gasteiger partial charge in [-0.15, -0.1) is 0 Å². The van der Waals surface area contributed by atoms with Gasteiger partial charge < -0.3 is 21.1 Å². The highest BCUT2D eigenvalue weighted by atomic mass is 16.4. The second kappa shape index (κ2) is 11.6. The van der Waals surface area contributed by atoms with Crippen molar-refractivity contribution < 1.29 is 19.5 Å². The summed E-state index contributed by atoms with van der Waals surface area (Å²) in [5.41, 5.74) is 9.55. The van der Waals surface area contributed by atoms with Crippen molar-refractivity contribution in [2.24, 2.45) is 5.11 Å². The van der Waals surface area contributed by atoms with E-state index in [0.29, 0.717) is 12.1 Å². The van der Waals surface area contributed by atoms with E-state index in [9.17, 15) is 14.4 Å². The molecule has 10 nitrogen and oxygen atoms in total. The number of carbonyl (C=O) groups is 3. The van der Waals surface area contributed by atoms with E-state index in [-0.39, 0.29) is 25.0 Å². The normalized spacial score (nSPS) is 14.9. The number of carboxylic acid groups (broad SMARTS) is 1. The summed E-state index contributed by atoms with van der Waals surface area (Å²) in [5, 5.41) is 20.5. The van der Waals surface area contributed by atoms with Gasteiger partial charge in [0.05, 0.1) is 6.42 Å². The summed E-state index contributed by atoms with van der Waals surface area (Å²) in [6.07, 6.45) is 5.19. The minimum absolute atomic E-state index is 0.146. The van der Waals surface area contributed by atoms with E-state index < -0.39 is 17.9 Å². The van der Waals surface area contributed by atoms with Gasteiger partial charge in [-0.1, -0.05) is 36.5 Å². The number of azide groups is 1. The van der Waals surface area contributed by atoms with Crippen molar-refractivity contribution in [3.05, 3.63) is 45.8 Å². The molecule has 0 saturated heterocycles. The lowest BCUT2D eigenvalue weighted by Gasteiger charge is -2.22. The fourth-order valence-electron chi connectivity index (χ4n) is 3.22. The molecular weight excluding hydrogens is 376 g/mol. The highest BCUT2D eigenvalue weighted by Crippen LogP contribution is 2.17. The number of urea groups is 1. The molecule has 0 unspecified atom stereocenters. The first-order valence-electron chi connectivity index (χ1n) is 9.64. The van der Waals surface area contributed by atoms with Gasteiger partial charge in [0.2, 0.25) is 0 Å². The molecule has 1 atom stereocenters. The Morgan fingerprint density at radius 1 is 1.17 bits per heavy atom. The third-order valence-electron chi connectivity index (χ3n) is 4.73. The average Bonchev–Trinajstić information content (AvgIpc) is 2.71. The van der Waals surface area contributed by atoms with Gasteiger partial charge >= 0.3 is 12.0 Å². The first-order chi connectivity index (χ1) is 14.0. The van der Waals surface area contributed by atoms with Crippen LogP contribution < -0.4 is 16.0 Å². The van der Waals surface area contributed by atoms with Crippen LogP contribution in [-0.4, -0.2) is 41.6 Å². The molecule has 1 aliphatic carbocycles. The van der Waals surface area contributed by atoms with Crippen LogP contribution in [0, 0.1) is 0 Å². The number of carboxylic acids is 1. The third-order valence-corrected chi connectivity index (χ3v) is 4.73. The smallest absolute Gasteiger partial charge is 0.315 e. The lowest BCUT2D eigenvalue weighted by atomic mass is 9.96. The van der Waals surface area contributed by atoms with Gasteiger partial charge in [0.1, 0.15) is 0 Å². The maximum Gasteiger partial charge on any atom is 0.315 e.